The Labute approximate surface area is 147 Å². The Morgan fingerprint density at radius 3 is 2.88 bits per heavy atom. The quantitative estimate of drug-likeness (QED) is 0.852. The molecule has 1 amide bonds. The molecule has 1 aromatic carbocycles. The number of hydrogen-bond donors (Lipinski definition) is 0. The van der Waals surface area contributed by atoms with E-state index in [1.54, 1.807) is 6.07 Å². The largest absolute Gasteiger partial charge is 0.340 e. The predicted molar refractivity (Wildman–Crippen MR) is 93.9 cm³/mol. The summed E-state index contributed by atoms with van der Waals surface area (Å²) in [6.07, 6.45) is 6.94. The zero-order chi connectivity index (χ0) is 17.4. The van der Waals surface area contributed by atoms with Crippen molar-refractivity contribution >= 4 is 5.91 Å². The van der Waals surface area contributed by atoms with Crippen LogP contribution in [0.25, 0.3) is 0 Å². The molecule has 0 N–H and O–H groups in total. The maximum absolute atomic E-state index is 13.3. The van der Waals surface area contributed by atoms with Gasteiger partial charge in [-0.1, -0.05) is 18.6 Å². The second-order valence-electron chi connectivity index (χ2n) is 7.34. The maximum Gasteiger partial charge on any atom is 0.227 e. The van der Waals surface area contributed by atoms with Crippen LogP contribution in [0.1, 0.15) is 54.7 Å². The monoisotopic (exact) mass is 341 g/mol. The lowest BCUT2D eigenvalue weighted by molar-refractivity contribution is -0.129. The van der Waals surface area contributed by atoms with Crippen molar-refractivity contribution in [2.75, 3.05) is 13.1 Å². The van der Waals surface area contributed by atoms with Gasteiger partial charge in [0.25, 0.3) is 0 Å². The number of aryl methyl sites for hydroxylation is 1. The Kier molecular flexibility index (Phi) is 4.32. The van der Waals surface area contributed by atoms with E-state index in [1.165, 1.54) is 42.9 Å². The van der Waals surface area contributed by atoms with Crippen LogP contribution in [0.5, 0.6) is 0 Å². The summed E-state index contributed by atoms with van der Waals surface area (Å²) in [6.45, 7) is 3.60. The topological polar surface area (TPSA) is 38.1 Å². The predicted octanol–water partition coefficient (Wildman–Crippen LogP) is 3.61. The van der Waals surface area contributed by atoms with E-state index in [4.69, 9.17) is 0 Å². The lowest BCUT2D eigenvalue weighted by Gasteiger charge is -2.28. The van der Waals surface area contributed by atoms with Gasteiger partial charge in [0, 0.05) is 30.9 Å². The molecule has 1 unspecified atom stereocenters. The van der Waals surface area contributed by atoms with Crippen molar-refractivity contribution in [2.45, 2.75) is 51.0 Å². The lowest BCUT2D eigenvalue weighted by atomic mass is 9.84. The van der Waals surface area contributed by atoms with Gasteiger partial charge in [-0.05, 0) is 43.9 Å². The second kappa shape index (κ2) is 6.62. The van der Waals surface area contributed by atoms with Gasteiger partial charge in [-0.15, -0.1) is 0 Å². The van der Waals surface area contributed by atoms with Crippen molar-refractivity contribution in [2.24, 2.45) is 0 Å². The van der Waals surface area contributed by atoms with Gasteiger partial charge in [0.1, 0.15) is 11.6 Å². The van der Waals surface area contributed by atoms with Gasteiger partial charge in [0.05, 0.1) is 12.5 Å². The van der Waals surface area contributed by atoms with E-state index in [0.29, 0.717) is 12.0 Å². The van der Waals surface area contributed by atoms with Gasteiger partial charge in [-0.25, -0.2) is 9.37 Å². The summed E-state index contributed by atoms with van der Waals surface area (Å²) < 4.78 is 15.7. The third-order valence-corrected chi connectivity index (χ3v) is 5.61. The SMILES string of the molecule is Cc1cnc(C2CCC2)n1C1CCN(C(=O)Cc2cccc(F)c2)C1. The van der Waals surface area contributed by atoms with E-state index < -0.39 is 0 Å². The van der Waals surface area contributed by atoms with Crippen LogP contribution in [-0.4, -0.2) is 33.4 Å². The van der Waals surface area contributed by atoms with E-state index >= 15 is 0 Å². The molecule has 2 aromatic rings. The fourth-order valence-electron chi connectivity index (χ4n) is 4.02. The fourth-order valence-corrected chi connectivity index (χ4v) is 4.02. The van der Waals surface area contributed by atoms with Crippen molar-refractivity contribution < 1.29 is 9.18 Å². The minimum Gasteiger partial charge on any atom is -0.340 e. The number of nitrogens with zero attached hydrogens (tertiary/aromatic N) is 3. The summed E-state index contributed by atoms with van der Waals surface area (Å²) in [4.78, 5) is 19.2. The molecular formula is C20H24FN3O. The van der Waals surface area contributed by atoms with Gasteiger partial charge < -0.3 is 9.47 Å². The fraction of sp³-hybridized carbons (Fsp3) is 0.500. The number of halogens is 1. The normalized spacial score (nSPS) is 20.7. The van der Waals surface area contributed by atoms with Crippen molar-refractivity contribution in [1.29, 1.82) is 0 Å². The van der Waals surface area contributed by atoms with Crippen LogP contribution in [0.3, 0.4) is 0 Å². The first-order valence-corrected chi connectivity index (χ1v) is 9.18. The maximum atomic E-state index is 13.3. The second-order valence-corrected chi connectivity index (χ2v) is 7.34. The molecule has 5 heteroatoms. The molecule has 0 radical (unpaired) electrons. The summed E-state index contributed by atoms with van der Waals surface area (Å²) in [5.41, 5.74) is 1.92. The first-order chi connectivity index (χ1) is 12.1. The van der Waals surface area contributed by atoms with E-state index in [1.807, 2.05) is 17.2 Å². The molecule has 1 aliphatic heterocycles. The van der Waals surface area contributed by atoms with Crippen LogP contribution in [0, 0.1) is 12.7 Å². The number of imidazole rings is 1. The van der Waals surface area contributed by atoms with E-state index in [2.05, 4.69) is 16.5 Å². The molecule has 2 aliphatic rings. The Bertz CT molecular complexity index is 781. The van der Waals surface area contributed by atoms with Crippen LogP contribution in [0.15, 0.2) is 30.5 Å². The third kappa shape index (κ3) is 3.20. The molecule has 1 saturated heterocycles. The molecule has 1 atom stereocenters. The minimum absolute atomic E-state index is 0.0797. The standard InChI is InChI=1S/C20H24FN3O/c1-14-12-22-20(16-5-3-6-16)24(14)18-8-9-23(13-18)19(25)11-15-4-2-7-17(21)10-15/h2,4,7,10,12,16,18H,3,5-6,8-9,11,13H2,1H3. The number of amides is 1. The summed E-state index contributed by atoms with van der Waals surface area (Å²) in [6, 6.07) is 6.63. The molecule has 2 fully saturated rings. The molecule has 4 nitrogen and oxygen atoms in total. The van der Waals surface area contributed by atoms with Crippen LogP contribution in [0.4, 0.5) is 4.39 Å². The zero-order valence-electron chi connectivity index (χ0n) is 14.6. The number of carbonyl (C=O) groups excluding carboxylic acids is 1. The number of carbonyl (C=O) groups is 1. The van der Waals surface area contributed by atoms with Crippen LogP contribution in [0.2, 0.25) is 0 Å². The number of likely N-dealkylation sites (tertiary alicyclic amines) is 1. The number of rotatable bonds is 4. The van der Waals surface area contributed by atoms with Crippen molar-refractivity contribution in [1.82, 2.24) is 14.5 Å². The Balaban J connectivity index is 1.45. The summed E-state index contributed by atoms with van der Waals surface area (Å²) in [5, 5.41) is 0. The third-order valence-electron chi connectivity index (χ3n) is 5.61. The number of hydrogen-bond acceptors (Lipinski definition) is 2. The highest BCUT2D eigenvalue weighted by molar-refractivity contribution is 5.79. The molecule has 132 valence electrons. The highest BCUT2D eigenvalue weighted by atomic mass is 19.1. The van der Waals surface area contributed by atoms with E-state index in [9.17, 15) is 9.18 Å². The van der Waals surface area contributed by atoms with Gasteiger partial charge in [0.15, 0.2) is 0 Å². The van der Waals surface area contributed by atoms with Crippen LogP contribution < -0.4 is 0 Å². The van der Waals surface area contributed by atoms with Gasteiger partial charge in [0.2, 0.25) is 5.91 Å². The first-order valence-electron chi connectivity index (χ1n) is 9.18. The molecule has 1 aliphatic carbocycles. The average Bonchev–Trinajstić information content (AvgIpc) is 3.13. The Hall–Kier alpha value is -2.17. The molecular weight excluding hydrogens is 317 g/mol. The molecule has 25 heavy (non-hydrogen) atoms. The minimum atomic E-state index is -0.288. The lowest BCUT2D eigenvalue weighted by Crippen LogP contribution is -2.31. The zero-order valence-corrected chi connectivity index (χ0v) is 14.6. The molecule has 1 aromatic heterocycles. The first kappa shape index (κ1) is 16.3. The van der Waals surface area contributed by atoms with Gasteiger partial charge in [-0.3, -0.25) is 4.79 Å². The highest BCUT2D eigenvalue weighted by Gasteiger charge is 2.32. The molecule has 4 rings (SSSR count). The Morgan fingerprint density at radius 1 is 1.32 bits per heavy atom. The molecule has 0 bridgehead atoms. The summed E-state index contributed by atoms with van der Waals surface area (Å²) in [5.74, 6) is 1.58. The van der Waals surface area contributed by atoms with Crippen molar-refractivity contribution in [3.8, 4) is 0 Å². The van der Waals surface area contributed by atoms with Crippen LogP contribution >= 0.6 is 0 Å². The van der Waals surface area contributed by atoms with E-state index in [-0.39, 0.29) is 18.1 Å². The summed E-state index contributed by atoms with van der Waals surface area (Å²) >= 11 is 0. The van der Waals surface area contributed by atoms with Gasteiger partial charge in [-0.2, -0.15) is 0 Å². The smallest absolute Gasteiger partial charge is 0.227 e. The number of aromatic nitrogens is 2. The van der Waals surface area contributed by atoms with Crippen LogP contribution in [-0.2, 0) is 11.2 Å². The van der Waals surface area contributed by atoms with Crippen molar-refractivity contribution in [3.63, 3.8) is 0 Å². The number of benzene rings is 1. The molecule has 2 heterocycles. The Morgan fingerprint density at radius 2 is 2.16 bits per heavy atom. The molecule has 1 saturated carbocycles. The van der Waals surface area contributed by atoms with Crippen molar-refractivity contribution in [3.05, 3.63) is 53.4 Å². The highest BCUT2D eigenvalue weighted by Crippen LogP contribution is 2.38. The summed E-state index contributed by atoms with van der Waals surface area (Å²) in [7, 11) is 0. The molecule has 0 spiro atoms. The van der Waals surface area contributed by atoms with Gasteiger partial charge >= 0.3 is 0 Å². The van der Waals surface area contributed by atoms with E-state index in [0.717, 1.165) is 25.1 Å². The average molecular weight is 341 g/mol.